The quantitative estimate of drug-likeness (QED) is 0.735. The van der Waals surface area contributed by atoms with E-state index in [1.807, 2.05) is 24.3 Å². The smallest absolute Gasteiger partial charge is 0.315 e. The third-order valence-electron chi connectivity index (χ3n) is 5.51. The van der Waals surface area contributed by atoms with Crippen LogP contribution in [0.2, 0.25) is 0 Å². The Bertz CT molecular complexity index is 951. The number of rotatable bonds is 6. The summed E-state index contributed by atoms with van der Waals surface area (Å²) in [4.78, 5) is 14.7. The minimum absolute atomic E-state index is 0.0390. The molecule has 1 fully saturated rings. The maximum absolute atomic E-state index is 14.4. The van der Waals surface area contributed by atoms with Crippen LogP contribution in [0.15, 0.2) is 36.4 Å². The van der Waals surface area contributed by atoms with Crippen LogP contribution in [0.1, 0.15) is 36.9 Å². The maximum Gasteiger partial charge on any atom is 0.315 e. The van der Waals surface area contributed by atoms with E-state index in [-0.39, 0.29) is 12.1 Å². The summed E-state index contributed by atoms with van der Waals surface area (Å²) >= 11 is 0. The van der Waals surface area contributed by atoms with E-state index in [4.69, 9.17) is 14.7 Å². The van der Waals surface area contributed by atoms with Gasteiger partial charge >= 0.3 is 6.03 Å². The van der Waals surface area contributed by atoms with E-state index in [1.54, 1.807) is 6.92 Å². The minimum atomic E-state index is -0.543. The Balaban J connectivity index is 1.53. The van der Waals surface area contributed by atoms with Crippen molar-refractivity contribution in [3.63, 3.8) is 0 Å². The molecule has 0 saturated carbocycles. The first kappa shape index (κ1) is 22.2. The first-order chi connectivity index (χ1) is 14.9. The van der Waals surface area contributed by atoms with Crippen LogP contribution < -0.4 is 25.0 Å². The number of urea groups is 1. The largest absolute Gasteiger partial charge is 0.493 e. The van der Waals surface area contributed by atoms with E-state index in [0.717, 1.165) is 31.6 Å². The van der Waals surface area contributed by atoms with Gasteiger partial charge in [0.05, 0.1) is 31.9 Å². The van der Waals surface area contributed by atoms with Gasteiger partial charge in [-0.15, -0.1) is 0 Å². The molecule has 1 saturated heterocycles. The van der Waals surface area contributed by atoms with Crippen molar-refractivity contribution in [1.29, 1.82) is 5.26 Å². The third kappa shape index (κ3) is 5.37. The van der Waals surface area contributed by atoms with Crippen LogP contribution in [-0.4, -0.2) is 39.4 Å². The third-order valence-corrected chi connectivity index (χ3v) is 5.51. The van der Waals surface area contributed by atoms with Crippen molar-refractivity contribution in [2.24, 2.45) is 0 Å². The summed E-state index contributed by atoms with van der Waals surface area (Å²) in [5.74, 6) is 0.235. The first-order valence-corrected chi connectivity index (χ1v) is 10.2. The molecule has 2 aromatic carbocycles. The summed E-state index contributed by atoms with van der Waals surface area (Å²) in [5.41, 5.74) is 2.03. The van der Waals surface area contributed by atoms with Gasteiger partial charge in [-0.25, -0.2) is 9.18 Å². The predicted molar refractivity (Wildman–Crippen MR) is 116 cm³/mol. The number of carbonyl (C=O) groups is 1. The van der Waals surface area contributed by atoms with Crippen molar-refractivity contribution >= 4 is 11.7 Å². The first-order valence-electron chi connectivity index (χ1n) is 10.2. The fourth-order valence-electron chi connectivity index (χ4n) is 3.73. The number of piperidine rings is 1. The molecule has 2 aromatic rings. The number of hydrogen-bond donors (Lipinski definition) is 2. The summed E-state index contributed by atoms with van der Waals surface area (Å²) in [7, 11) is 2.92. The molecule has 7 nitrogen and oxygen atoms in total. The van der Waals surface area contributed by atoms with Gasteiger partial charge in [-0.3, -0.25) is 0 Å². The summed E-state index contributed by atoms with van der Waals surface area (Å²) in [5, 5.41) is 14.7. The Hall–Kier alpha value is -3.47. The average Bonchev–Trinajstić information content (AvgIpc) is 2.79. The van der Waals surface area contributed by atoms with Gasteiger partial charge in [-0.1, -0.05) is 0 Å². The summed E-state index contributed by atoms with van der Waals surface area (Å²) in [6.07, 6.45) is 1.60. The summed E-state index contributed by atoms with van der Waals surface area (Å²) in [6, 6.07) is 11.6. The molecule has 1 aliphatic heterocycles. The van der Waals surface area contributed by atoms with Crippen LogP contribution in [0.4, 0.5) is 14.9 Å². The van der Waals surface area contributed by atoms with E-state index in [9.17, 15) is 9.18 Å². The van der Waals surface area contributed by atoms with E-state index < -0.39 is 11.9 Å². The zero-order chi connectivity index (χ0) is 22.4. The van der Waals surface area contributed by atoms with Crippen molar-refractivity contribution < 1.29 is 18.7 Å². The molecule has 0 spiro atoms. The van der Waals surface area contributed by atoms with Gasteiger partial charge in [0, 0.05) is 36.4 Å². The van der Waals surface area contributed by atoms with Crippen LogP contribution >= 0.6 is 0 Å². The highest BCUT2D eigenvalue weighted by atomic mass is 19.1. The molecule has 1 atom stereocenters. The second kappa shape index (κ2) is 10.0. The highest BCUT2D eigenvalue weighted by molar-refractivity contribution is 5.75. The van der Waals surface area contributed by atoms with Crippen LogP contribution in [0.5, 0.6) is 11.5 Å². The maximum atomic E-state index is 14.4. The minimum Gasteiger partial charge on any atom is -0.493 e. The zero-order valence-corrected chi connectivity index (χ0v) is 17.9. The number of nitrogens with zero attached hydrogens (tertiary/aromatic N) is 2. The molecule has 0 bridgehead atoms. The Labute approximate surface area is 181 Å². The lowest BCUT2D eigenvalue weighted by Crippen LogP contribution is -2.48. The number of nitriles is 1. The molecule has 0 aliphatic carbocycles. The molecule has 8 heteroatoms. The number of benzene rings is 2. The van der Waals surface area contributed by atoms with Gasteiger partial charge in [0.25, 0.3) is 0 Å². The van der Waals surface area contributed by atoms with Crippen LogP contribution in [0.3, 0.4) is 0 Å². The predicted octanol–water partition coefficient (Wildman–Crippen LogP) is 3.74. The lowest BCUT2D eigenvalue weighted by atomic mass is 10.0. The molecule has 31 heavy (non-hydrogen) atoms. The molecule has 0 aromatic heterocycles. The molecule has 2 amide bonds. The molecule has 3 rings (SSSR count). The van der Waals surface area contributed by atoms with E-state index in [2.05, 4.69) is 21.6 Å². The Morgan fingerprint density at radius 3 is 2.35 bits per heavy atom. The van der Waals surface area contributed by atoms with Crippen molar-refractivity contribution in [1.82, 2.24) is 10.6 Å². The van der Waals surface area contributed by atoms with Crippen LogP contribution in [0, 0.1) is 17.1 Å². The van der Waals surface area contributed by atoms with E-state index in [0.29, 0.717) is 22.6 Å². The molecule has 1 heterocycles. The van der Waals surface area contributed by atoms with Gasteiger partial charge in [-0.2, -0.15) is 5.26 Å². The van der Waals surface area contributed by atoms with Gasteiger partial charge in [0.1, 0.15) is 5.82 Å². The molecule has 1 aliphatic rings. The number of nitrogens with one attached hydrogen (secondary N) is 2. The van der Waals surface area contributed by atoms with E-state index in [1.165, 1.54) is 26.4 Å². The fourth-order valence-corrected chi connectivity index (χ4v) is 3.73. The number of ether oxygens (including phenoxy) is 2. The summed E-state index contributed by atoms with van der Waals surface area (Å²) < 4.78 is 24.8. The van der Waals surface area contributed by atoms with Crippen molar-refractivity contribution in [3.8, 4) is 17.6 Å². The van der Waals surface area contributed by atoms with Gasteiger partial charge in [-0.05, 0) is 50.1 Å². The van der Waals surface area contributed by atoms with Gasteiger partial charge in [0.2, 0.25) is 0 Å². The summed E-state index contributed by atoms with van der Waals surface area (Å²) in [6.45, 7) is 3.32. The lowest BCUT2D eigenvalue weighted by Gasteiger charge is -2.34. The number of methoxy groups -OCH3 is 2. The second-order valence-electron chi connectivity index (χ2n) is 7.49. The Morgan fingerprint density at radius 1 is 1.16 bits per heavy atom. The monoisotopic (exact) mass is 426 g/mol. The molecule has 164 valence electrons. The van der Waals surface area contributed by atoms with Crippen LogP contribution in [0.25, 0.3) is 0 Å². The molecule has 2 N–H and O–H groups in total. The van der Waals surface area contributed by atoms with Crippen LogP contribution in [-0.2, 0) is 0 Å². The van der Waals surface area contributed by atoms with Crippen molar-refractivity contribution in [2.75, 3.05) is 32.2 Å². The Morgan fingerprint density at radius 2 is 1.77 bits per heavy atom. The molecular formula is C23H27FN4O3. The SMILES string of the molecule is COc1cc(F)c(C(C)NC(=O)NC2CCN(c3ccc(C#N)cc3)CC2)cc1OC. The van der Waals surface area contributed by atoms with Gasteiger partial charge < -0.3 is 25.0 Å². The highest BCUT2D eigenvalue weighted by Gasteiger charge is 2.23. The lowest BCUT2D eigenvalue weighted by molar-refractivity contribution is 0.231. The van der Waals surface area contributed by atoms with Crippen molar-refractivity contribution in [3.05, 3.63) is 53.3 Å². The number of hydrogen-bond acceptors (Lipinski definition) is 5. The number of amides is 2. The number of carbonyl (C=O) groups excluding carboxylic acids is 1. The fraction of sp³-hybridized carbons (Fsp3) is 0.391. The second-order valence-corrected chi connectivity index (χ2v) is 7.49. The number of anilines is 1. The van der Waals surface area contributed by atoms with E-state index >= 15 is 0 Å². The van der Waals surface area contributed by atoms with Crippen molar-refractivity contribution in [2.45, 2.75) is 31.8 Å². The average molecular weight is 426 g/mol. The standard InChI is InChI=1S/C23H27FN4O3/c1-15(19-12-21(30-2)22(31-3)13-20(19)24)26-23(29)27-17-8-10-28(11-9-17)18-6-4-16(14-25)5-7-18/h4-7,12-13,15,17H,8-11H2,1-3H3,(H2,26,27,29). The topological polar surface area (TPSA) is 86.6 Å². The number of halogens is 1. The molecule has 1 unspecified atom stereocenters. The molecular weight excluding hydrogens is 399 g/mol. The Kier molecular flexibility index (Phi) is 7.19. The zero-order valence-electron chi connectivity index (χ0n) is 17.9. The normalized spacial score (nSPS) is 15.0. The highest BCUT2D eigenvalue weighted by Crippen LogP contribution is 2.32. The molecule has 0 radical (unpaired) electrons. The van der Waals surface area contributed by atoms with Gasteiger partial charge in [0.15, 0.2) is 11.5 Å².